The van der Waals surface area contributed by atoms with Gasteiger partial charge in [-0.3, -0.25) is 0 Å². The Morgan fingerprint density at radius 3 is 1.92 bits per heavy atom. The number of hydrogen-bond acceptors (Lipinski definition) is 21. The number of rotatable bonds is 11. The van der Waals surface area contributed by atoms with E-state index in [1.807, 2.05) is 0 Å². The lowest BCUT2D eigenvalue weighted by Crippen LogP contribution is -2.69. The summed E-state index contributed by atoms with van der Waals surface area (Å²) in [5, 5.41) is 103. The smallest absolute Gasteiger partial charge is 0.338 e. The van der Waals surface area contributed by atoms with Crippen molar-refractivity contribution in [2.45, 2.75) is 130 Å². The average molecular weight is 705 g/mol. The first-order chi connectivity index (χ1) is 22.6. The Balaban J connectivity index is 1.47. The zero-order valence-corrected chi connectivity index (χ0v) is 25.5. The van der Waals surface area contributed by atoms with Crippen molar-refractivity contribution >= 4 is 11.9 Å². The molecule has 0 saturated carbocycles. The summed E-state index contributed by atoms with van der Waals surface area (Å²) in [6, 6.07) is -3.00. The molecule has 4 aliphatic rings. The fourth-order valence-corrected chi connectivity index (χ4v) is 5.57. The van der Waals surface area contributed by atoms with E-state index >= 15 is 0 Å². The molecule has 4 saturated heterocycles. The van der Waals surface area contributed by atoms with E-state index in [0.717, 1.165) is 0 Å². The molecule has 4 fully saturated rings. The van der Waals surface area contributed by atoms with Crippen LogP contribution in [0.2, 0.25) is 0 Å². The van der Waals surface area contributed by atoms with Gasteiger partial charge in [-0.2, -0.15) is 0 Å². The molecule has 22 heteroatoms. The first-order valence-corrected chi connectivity index (χ1v) is 15.1. The number of carboxylic acids is 1. The van der Waals surface area contributed by atoms with Crippen molar-refractivity contribution in [1.82, 2.24) is 0 Å². The van der Waals surface area contributed by atoms with Gasteiger partial charge in [0.25, 0.3) is 0 Å². The number of hydrogen-bond donors (Lipinski definition) is 12. The predicted octanol–water partition coefficient (Wildman–Crippen LogP) is -8.12. The summed E-state index contributed by atoms with van der Waals surface area (Å²) in [6.07, 6.45) is -30.4. The molecule has 0 radical (unpaired) electrons. The summed E-state index contributed by atoms with van der Waals surface area (Å²) in [5.41, 5.74) is 11.9. The van der Waals surface area contributed by atoms with Crippen LogP contribution in [0.4, 0.5) is 0 Å². The first-order valence-electron chi connectivity index (χ1n) is 15.1. The second-order valence-electron chi connectivity index (χ2n) is 11.8. The van der Waals surface area contributed by atoms with Gasteiger partial charge < -0.3 is 100 Å². The minimum Gasteiger partial charge on any atom is -0.479 e. The maximum atomic E-state index is 12.6. The SMILES string of the molecule is CCCOC(=O)[C@H]1O[C@H](O)[C@@H](O)[C@H](O)[C@H]1O[C@@H]1O[C@@H](CO)[C@H](O[C@H]2O[C@H](C(=O)O)[C@H](O[C@@H]3OC[C@H](O)[C@@H](O)[C@@H]3N)[C@@H](O)[C@@H]2O)[C@@H](O)[C@@H]1N. The monoisotopic (exact) mass is 704 g/mol. The Bertz CT molecular complexity index is 1070. The fraction of sp³-hybridized carbons (Fsp3) is 0.923. The minimum absolute atomic E-state index is 0.0571. The number of aliphatic carboxylic acids is 1. The maximum absolute atomic E-state index is 12.6. The number of carbonyl (C=O) groups excluding carboxylic acids is 1. The van der Waals surface area contributed by atoms with Gasteiger partial charge in [-0.1, -0.05) is 6.92 Å². The van der Waals surface area contributed by atoms with Gasteiger partial charge >= 0.3 is 11.9 Å². The summed E-state index contributed by atoms with van der Waals surface area (Å²) < 4.78 is 43.0. The number of nitrogens with two attached hydrogens (primary N) is 2. The second-order valence-corrected chi connectivity index (χ2v) is 11.8. The molecule has 22 nitrogen and oxygen atoms in total. The topological polar surface area (TPSA) is 362 Å². The van der Waals surface area contributed by atoms with E-state index in [-0.39, 0.29) is 6.61 Å². The van der Waals surface area contributed by atoms with Gasteiger partial charge in [-0.25, -0.2) is 9.59 Å². The average Bonchev–Trinajstić information content (AvgIpc) is 3.06. The molecule has 0 aromatic carbocycles. The molecule has 4 aliphatic heterocycles. The highest BCUT2D eigenvalue weighted by Gasteiger charge is 2.56. The Hall–Kier alpha value is -1.78. The van der Waals surface area contributed by atoms with Crippen molar-refractivity contribution in [3.63, 3.8) is 0 Å². The lowest BCUT2D eigenvalue weighted by molar-refractivity contribution is -0.366. The highest BCUT2D eigenvalue weighted by atomic mass is 16.8. The molecule has 0 aromatic heterocycles. The Labute approximate surface area is 272 Å². The molecule has 48 heavy (non-hydrogen) atoms. The van der Waals surface area contributed by atoms with Gasteiger partial charge in [0.2, 0.25) is 0 Å². The lowest BCUT2D eigenvalue weighted by Gasteiger charge is -2.48. The summed E-state index contributed by atoms with van der Waals surface area (Å²) in [6.45, 7) is 0.277. The van der Waals surface area contributed by atoms with Crippen LogP contribution in [0.15, 0.2) is 0 Å². The number of esters is 1. The van der Waals surface area contributed by atoms with Crippen LogP contribution in [0.25, 0.3) is 0 Å². The van der Waals surface area contributed by atoms with Crippen LogP contribution < -0.4 is 11.5 Å². The molecule has 0 spiro atoms. The van der Waals surface area contributed by atoms with Crippen LogP contribution in [-0.2, 0) is 47.5 Å². The van der Waals surface area contributed by atoms with Gasteiger partial charge in [0.05, 0.1) is 31.9 Å². The van der Waals surface area contributed by atoms with E-state index in [9.17, 15) is 60.7 Å². The molecule has 0 bridgehead atoms. The number of carboxylic acid groups (broad SMARTS) is 1. The molecular weight excluding hydrogens is 660 g/mol. The summed E-state index contributed by atoms with van der Waals surface area (Å²) >= 11 is 0. The number of carbonyl (C=O) groups is 2. The third-order valence-corrected chi connectivity index (χ3v) is 8.34. The zero-order chi connectivity index (χ0) is 35.6. The van der Waals surface area contributed by atoms with Crippen LogP contribution in [0.3, 0.4) is 0 Å². The van der Waals surface area contributed by atoms with Crippen LogP contribution in [0.5, 0.6) is 0 Å². The van der Waals surface area contributed by atoms with Crippen LogP contribution >= 0.6 is 0 Å². The Morgan fingerprint density at radius 2 is 1.29 bits per heavy atom. The molecule has 4 heterocycles. The molecule has 4 rings (SSSR count). The molecule has 0 aromatic rings. The second kappa shape index (κ2) is 16.5. The van der Waals surface area contributed by atoms with Crippen molar-refractivity contribution in [2.24, 2.45) is 11.5 Å². The third kappa shape index (κ3) is 8.06. The normalized spacial score (nSPS) is 48.5. The van der Waals surface area contributed by atoms with E-state index < -0.39 is 142 Å². The molecule has 278 valence electrons. The quantitative estimate of drug-likeness (QED) is 0.0888. The molecular formula is C26H44N2O20. The van der Waals surface area contributed by atoms with Gasteiger partial charge in [0, 0.05) is 0 Å². The van der Waals surface area contributed by atoms with Crippen molar-refractivity contribution in [1.29, 1.82) is 0 Å². The number of aliphatic hydroxyl groups is 9. The van der Waals surface area contributed by atoms with Crippen LogP contribution in [0.1, 0.15) is 13.3 Å². The van der Waals surface area contributed by atoms with E-state index in [0.29, 0.717) is 6.42 Å². The molecule has 14 N–H and O–H groups in total. The number of ether oxygens (including phenoxy) is 8. The number of aliphatic hydroxyl groups excluding tert-OH is 9. The van der Waals surface area contributed by atoms with Crippen LogP contribution in [0, 0.1) is 0 Å². The molecule has 0 aliphatic carbocycles. The fourth-order valence-electron chi connectivity index (χ4n) is 5.57. The van der Waals surface area contributed by atoms with E-state index in [1.165, 1.54) is 0 Å². The Morgan fingerprint density at radius 1 is 0.708 bits per heavy atom. The summed E-state index contributed by atoms with van der Waals surface area (Å²) in [5.74, 6) is -2.78. The highest BCUT2D eigenvalue weighted by molar-refractivity contribution is 5.76. The van der Waals surface area contributed by atoms with Gasteiger partial charge in [0.15, 0.2) is 37.4 Å². The van der Waals surface area contributed by atoms with E-state index in [1.54, 1.807) is 6.92 Å². The summed E-state index contributed by atoms with van der Waals surface area (Å²) in [4.78, 5) is 24.7. The van der Waals surface area contributed by atoms with E-state index in [4.69, 9.17) is 49.4 Å². The Kier molecular flexibility index (Phi) is 13.4. The minimum atomic E-state index is -2.07. The van der Waals surface area contributed by atoms with Crippen molar-refractivity contribution in [3.05, 3.63) is 0 Å². The van der Waals surface area contributed by atoms with Gasteiger partial charge in [-0.05, 0) is 6.42 Å². The zero-order valence-electron chi connectivity index (χ0n) is 25.5. The van der Waals surface area contributed by atoms with E-state index in [2.05, 4.69) is 0 Å². The maximum Gasteiger partial charge on any atom is 0.338 e. The molecule has 0 amide bonds. The highest BCUT2D eigenvalue weighted by Crippen LogP contribution is 2.33. The summed E-state index contributed by atoms with van der Waals surface area (Å²) in [7, 11) is 0. The van der Waals surface area contributed by atoms with Gasteiger partial charge in [-0.15, -0.1) is 0 Å². The molecule has 0 unspecified atom stereocenters. The van der Waals surface area contributed by atoms with Crippen molar-refractivity contribution in [2.75, 3.05) is 19.8 Å². The predicted molar refractivity (Wildman–Crippen MR) is 147 cm³/mol. The standard InChI is InChI=1S/C26H44N2O20/c1-2-3-41-23(40)20-18(12(33)14(35)22(39)44-20)47-25-9(28)11(32)16(7(4-29)43-25)45-26-15(36)13(34)17(19(48-26)21(37)38)46-24-8(27)10(31)6(30)5-42-24/h6-20,22,24-26,29-36,39H,2-5,27-28H2,1H3,(H,37,38)/t6-,7-,8-,9-,10+,11-,12-,13-,14-,15-,16-,17+,18+,19-,20-,22-,24-,25-,26-/m0/s1. The van der Waals surface area contributed by atoms with Crippen molar-refractivity contribution < 1.29 is 98.5 Å². The molecule has 19 atom stereocenters. The van der Waals surface area contributed by atoms with Crippen LogP contribution in [-0.4, -0.2) is 199 Å². The van der Waals surface area contributed by atoms with Crippen molar-refractivity contribution in [3.8, 4) is 0 Å². The lowest BCUT2D eigenvalue weighted by atomic mass is 9.95. The first kappa shape index (κ1) is 39.0. The third-order valence-electron chi connectivity index (χ3n) is 8.34. The van der Waals surface area contributed by atoms with Gasteiger partial charge in [0.1, 0.15) is 67.1 Å². The largest absolute Gasteiger partial charge is 0.479 e.